The number of amides is 3. The third kappa shape index (κ3) is 5.10. The predicted molar refractivity (Wildman–Crippen MR) is 97.1 cm³/mol. The van der Waals surface area contributed by atoms with Gasteiger partial charge in [-0.1, -0.05) is 0 Å². The maximum atomic E-state index is 12.8. The number of hydrogen-bond acceptors (Lipinski definition) is 6. The molecule has 0 bridgehead atoms. The second-order valence-corrected chi connectivity index (χ2v) is 7.21. The number of carbonyl (C=O) groups excluding carboxylic acids is 3. The van der Waals surface area contributed by atoms with Crippen LogP contribution in [-0.2, 0) is 19.1 Å². The number of carbonyl (C=O) groups is 3. The van der Waals surface area contributed by atoms with E-state index in [4.69, 9.17) is 9.47 Å². The molecule has 0 aromatic carbocycles. The quantitative estimate of drug-likeness (QED) is 0.636. The molecule has 1 atom stereocenters. The molecule has 0 radical (unpaired) electrons. The van der Waals surface area contributed by atoms with E-state index in [1.807, 2.05) is 4.90 Å². The summed E-state index contributed by atoms with van der Waals surface area (Å²) < 4.78 is 10.3. The maximum absolute atomic E-state index is 12.8. The number of likely N-dealkylation sites (tertiary alicyclic amines) is 1. The normalized spacial score (nSPS) is 24.4. The molecule has 3 rings (SSSR count). The third-order valence-electron chi connectivity index (χ3n) is 5.47. The molecule has 0 aliphatic carbocycles. The molecule has 27 heavy (non-hydrogen) atoms. The third-order valence-corrected chi connectivity index (χ3v) is 5.47. The Morgan fingerprint density at radius 1 is 1.04 bits per heavy atom. The van der Waals surface area contributed by atoms with Gasteiger partial charge in [0.2, 0.25) is 11.8 Å². The lowest BCUT2D eigenvalue weighted by molar-refractivity contribution is -0.137. The van der Waals surface area contributed by atoms with Gasteiger partial charge in [0.15, 0.2) is 0 Å². The Bertz CT molecular complexity index is 544. The van der Waals surface area contributed by atoms with E-state index in [1.165, 1.54) is 0 Å². The van der Waals surface area contributed by atoms with Crippen LogP contribution in [-0.4, -0.2) is 116 Å². The summed E-state index contributed by atoms with van der Waals surface area (Å²) in [5.41, 5.74) is 0. The van der Waals surface area contributed by atoms with Gasteiger partial charge in [-0.25, -0.2) is 4.79 Å². The highest BCUT2D eigenvalue weighted by Gasteiger charge is 2.37. The second-order valence-electron chi connectivity index (χ2n) is 7.21. The molecule has 9 nitrogen and oxygen atoms in total. The van der Waals surface area contributed by atoms with Gasteiger partial charge < -0.3 is 24.2 Å². The van der Waals surface area contributed by atoms with Crippen LogP contribution in [0.25, 0.3) is 0 Å². The van der Waals surface area contributed by atoms with Crippen LogP contribution >= 0.6 is 0 Å². The lowest BCUT2D eigenvalue weighted by atomic mass is 10.1. The lowest BCUT2D eigenvalue weighted by Crippen LogP contribution is -2.52. The first-order valence-corrected chi connectivity index (χ1v) is 9.87. The molecule has 3 heterocycles. The zero-order valence-electron chi connectivity index (χ0n) is 16.1. The van der Waals surface area contributed by atoms with Gasteiger partial charge >= 0.3 is 6.09 Å². The minimum atomic E-state index is -0.324. The molecule has 9 heteroatoms. The number of morpholine rings is 1. The van der Waals surface area contributed by atoms with E-state index in [-0.39, 0.29) is 23.8 Å². The highest BCUT2D eigenvalue weighted by molar-refractivity contribution is 5.89. The maximum Gasteiger partial charge on any atom is 0.409 e. The standard InChI is InChI=1S/C18H30N4O5/c1-2-27-18(25)21-7-5-20(6-8-21)17(24)15-13-16(23)22(14-15)4-3-19-9-11-26-12-10-19/h15H,2-14H2,1H3. The van der Waals surface area contributed by atoms with Crippen molar-refractivity contribution >= 4 is 17.9 Å². The van der Waals surface area contributed by atoms with Crippen molar-refractivity contribution in [3.05, 3.63) is 0 Å². The topological polar surface area (TPSA) is 82.6 Å². The number of rotatable bonds is 5. The van der Waals surface area contributed by atoms with E-state index in [0.717, 1.165) is 32.8 Å². The van der Waals surface area contributed by atoms with Gasteiger partial charge in [0.1, 0.15) is 0 Å². The molecule has 0 N–H and O–H groups in total. The fourth-order valence-electron chi connectivity index (χ4n) is 3.82. The van der Waals surface area contributed by atoms with Gasteiger partial charge in [0, 0.05) is 65.3 Å². The highest BCUT2D eigenvalue weighted by atomic mass is 16.6. The summed E-state index contributed by atoms with van der Waals surface area (Å²) in [6, 6.07) is 0. The fraction of sp³-hybridized carbons (Fsp3) is 0.833. The molecule has 3 fully saturated rings. The molecular weight excluding hydrogens is 352 g/mol. The van der Waals surface area contributed by atoms with Crippen LogP contribution < -0.4 is 0 Å². The van der Waals surface area contributed by atoms with Crippen LogP contribution in [0.1, 0.15) is 13.3 Å². The van der Waals surface area contributed by atoms with Crippen molar-refractivity contribution in [2.75, 3.05) is 78.7 Å². The zero-order valence-corrected chi connectivity index (χ0v) is 16.1. The van der Waals surface area contributed by atoms with Gasteiger partial charge in [0.25, 0.3) is 0 Å². The van der Waals surface area contributed by atoms with Gasteiger partial charge in [-0.05, 0) is 6.92 Å². The van der Waals surface area contributed by atoms with Crippen molar-refractivity contribution in [2.24, 2.45) is 5.92 Å². The van der Waals surface area contributed by atoms with Gasteiger partial charge in [-0.15, -0.1) is 0 Å². The van der Waals surface area contributed by atoms with Crippen molar-refractivity contribution in [1.29, 1.82) is 0 Å². The smallest absolute Gasteiger partial charge is 0.409 e. The molecule has 3 aliphatic heterocycles. The van der Waals surface area contributed by atoms with Gasteiger partial charge in [-0.3, -0.25) is 14.5 Å². The average molecular weight is 382 g/mol. The number of piperazine rings is 1. The first-order valence-electron chi connectivity index (χ1n) is 9.87. The molecule has 0 aromatic rings. The van der Waals surface area contributed by atoms with Crippen LogP contribution in [0.3, 0.4) is 0 Å². The Kier molecular flexibility index (Phi) is 6.89. The van der Waals surface area contributed by atoms with Gasteiger partial charge in [-0.2, -0.15) is 0 Å². The Morgan fingerprint density at radius 3 is 2.37 bits per heavy atom. The molecule has 1 unspecified atom stereocenters. The van der Waals surface area contributed by atoms with Crippen LogP contribution in [0.2, 0.25) is 0 Å². The summed E-state index contributed by atoms with van der Waals surface area (Å²) in [4.78, 5) is 44.4. The van der Waals surface area contributed by atoms with E-state index < -0.39 is 0 Å². The van der Waals surface area contributed by atoms with Crippen molar-refractivity contribution < 1.29 is 23.9 Å². The summed E-state index contributed by atoms with van der Waals surface area (Å²) in [7, 11) is 0. The summed E-state index contributed by atoms with van der Waals surface area (Å²) in [5.74, 6) is -0.177. The van der Waals surface area contributed by atoms with E-state index >= 15 is 0 Å². The minimum absolute atomic E-state index is 0.0285. The minimum Gasteiger partial charge on any atom is -0.450 e. The monoisotopic (exact) mass is 382 g/mol. The number of nitrogens with zero attached hydrogens (tertiary/aromatic N) is 4. The number of hydrogen-bond donors (Lipinski definition) is 0. The first kappa shape index (κ1) is 19.9. The molecular formula is C18H30N4O5. The van der Waals surface area contributed by atoms with E-state index in [1.54, 1.807) is 16.7 Å². The van der Waals surface area contributed by atoms with Crippen LogP contribution in [0.4, 0.5) is 4.79 Å². The van der Waals surface area contributed by atoms with Crippen molar-refractivity contribution in [3.63, 3.8) is 0 Å². The lowest BCUT2D eigenvalue weighted by Gasteiger charge is -2.35. The van der Waals surface area contributed by atoms with Crippen LogP contribution in [0, 0.1) is 5.92 Å². The van der Waals surface area contributed by atoms with Crippen LogP contribution in [0.15, 0.2) is 0 Å². The Morgan fingerprint density at radius 2 is 1.70 bits per heavy atom. The number of ether oxygens (including phenoxy) is 2. The van der Waals surface area contributed by atoms with E-state index in [9.17, 15) is 14.4 Å². The van der Waals surface area contributed by atoms with Crippen molar-refractivity contribution in [2.45, 2.75) is 13.3 Å². The predicted octanol–water partition coefficient (Wildman–Crippen LogP) is -0.532. The van der Waals surface area contributed by atoms with Crippen LogP contribution in [0.5, 0.6) is 0 Å². The van der Waals surface area contributed by atoms with Crippen molar-refractivity contribution in [1.82, 2.24) is 19.6 Å². The fourth-order valence-corrected chi connectivity index (χ4v) is 3.82. The molecule has 3 saturated heterocycles. The summed E-state index contributed by atoms with van der Waals surface area (Å²) in [5, 5.41) is 0. The zero-order chi connectivity index (χ0) is 19.2. The molecule has 0 saturated carbocycles. The summed E-state index contributed by atoms with van der Waals surface area (Å²) in [6.07, 6.45) is -0.0324. The molecule has 0 spiro atoms. The summed E-state index contributed by atoms with van der Waals surface area (Å²) in [6.45, 7) is 9.35. The molecule has 3 amide bonds. The van der Waals surface area contributed by atoms with Gasteiger partial charge in [0.05, 0.1) is 25.7 Å². The summed E-state index contributed by atoms with van der Waals surface area (Å²) >= 11 is 0. The Labute approximate surface area is 160 Å². The van der Waals surface area contributed by atoms with Crippen molar-refractivity contribution in [3.8, 4) is 0 Å². The average Bonchev–Trinajstić information content (AvgIpc) is 3.07. The van der Waals surface area contributed by atoms with E-state index in [0.29, 0.717) is 52.3 Å². The SMILES string of the molecule is CCOC(=O)N1CCN(C(=O)C2CC(=O)N(CCN3CCOCC3)C2)CC1. The Balaban J connectivity index is 1.43. The van der Waals surface area contributed by atoms with E-state index in [2.05, 4.69) is 4.90 Å². The largest absolute Gasteiger partial charge is 0.450 e. The molecule has 152 valence electrons. The molecule has 3 aliphatic rings. The first-order chi connectivity index (χ1) is 13.1. The highest BCUT2D eigenvalue weighted by Crippen LogP contribution is 2.21. The second kappa shape index (κ2) is 9.36. The Hall–Kier alpha value is -1.87. The molecule has 0 aromatic heterocycles.